The van der Waals surface area contributed by atoms with Crippen LogP contribution in [-0.4, -0.2) is 104 Å². The summed E-state index contributed by atoms with van der Waals surface area (Å²) in [7, 11) is 0. The number of nitrogens with zero attached hydrogens (tertiary/aromatic N) is 6. The molecule has 35 heavy (non-hydrogen) atoms. The molecule has 0 spiro atoms. The smallest absolute Gasteiger partial charge is 0.260 e. The Morgan fingerprint density at radius 1 is 0.943 bits per heavy atom. The van der Waals surface area contributed by atoms with Crippen molar-refractivity contribution in [2.45, 2.75) is 25.9 Å². The number of benzene rings is 1. The molecule has 9 nitrogen and oxygen atoms in total. The van der Waals surface area contributed by atoms with Crippen molar-refractivity contribution in [1.82, 2.24) is 20.0 Å². The summed E-state index contributed by atoms with van der Waals surface area (Å²) in [5.41, 5.74) is 1.03. The molecule has 3 aliphatic heterocycles. The second-order valence-electron chi connectivity index (χ2n) is 9.59. The summed E-state index contributed by atoms with van der Waals surface area (Å²) >= 11 is 0. The summed E-state index contributed by atoms with van der Waals surface area (Å²) in [6.45, 7) is 10.8. The van der Waals surface area contributed by atoms with Gasteiger partial charge in [0, 0.05) is 65.5 Å². The van der Waals surface area contributed by atoms with Gasteiger partial charge in [0.15, 0.2) is 18.2 Å². The van der Waals surface area contributed by atoms with Crippen molar-refractivity contribution in [3.05, 3.63) is 42.0 Å². The van der Waals surface area contributed by atoms with Gasteiger partial charge >= 0.3 is 0 Å². The highest BCUT2D eigenvalue weighted by Gasteiger charge is 2.25. The molecule has 1 atom stereocenters. The van der Waals surface area contributed by atoms with Crippen LogP contribution in [0.2, 0.25) is 0 Å². The first-order valence-corrected chi connectivity index (χ1v) is 12.8. The van der Waals surface area contributed by atoms with Crippen molar-refractivity contribution in [2.75, 3.05) is 81.9 Å². The topological polar surface area (TPSA) is 74.3 Å². The van der Waals surface area contributed by atoms with Crippen molar-refractivity contribution in [3.63, 3.8) is 0 Å². The van der Waals surface area contributed by atoms with Crippen LogP contribution >= 0.6 is 0 Å². The van der Waals surface area contributed by atoms with E-state index >= 15 is 0 Å². The molecule has 3 aliphatic rings. The maximum atomic E-state index is 12.6. The van der Waals surface area contributed by atoms with Crippen LogP contribution in [0.4, 0.5) is 11.6 Å². The van der Waals surface area contributed by atoms with Gasteiger partial charge in [-0.25, -0.2) is 0 Å². The Labute approximate surface area is 207 Å². The predicted molar refractivity (Wildman–Crippen MR) is 135 cm³/mol. The highest BCUT2D eigenvalue weighted by Crippen LogP contribution is 2.20. The normalized spacial score (nSPS) is 21.4. The Morgan fingerprint density at radius 2 is 1.60 bits per heavy atom. The zero-order valence-corrected chi connectivity index (χ0v) is 20.6. The van der Waals surface area contributed by atoms with E-state index in [4.69, 9.17) is 9.47 Å². The SMILES string of the molecule is Cc1ccccc1OCC(=O)N1CCN(c2ccc(N3CCN(CC4CCCO4)CC3)nn2)CC1. The fourth-order valence-electron chi connectivity index (χ4n) is 5.03. The largest absolute Gasteiger partial charge is 0.484 e. The van der Waals surface area contributed by atoms with Gasteiger partial charge in [-0.15, -0.1) is 10.2 Å². The highest BCUT2D eigenvalue weighted by atomic mass is 16.5. The zero-order chi connectivity index (χ0) is 24.0. The summed E-state index contributed by atoms with van der Waals surface area (Å²) < 4.78 is 11.5. The average Bonchev–Trinajstić information content (AvgIpc) is 3.42. The first-order valence-electron chi connectivity index (χ1n) is 12.8. The van der Waals surface area contributed by atoms with Crippen molar-refractivity contribution >= 4 is 17.5 Å². The lowest BCUT2D eigenvalue weighted by molar-refractivity contribution is -0.133. The van der Waals surface area contributed by atoms with Gasteiger partial charge in [-0.3, -0.25) is 9.69 Å². The average molecular weight is 481 g/mol. The van der Waals surface area contributed by atoms with Crippen molar-refractivity contribution < 1.29 is 14.3 Å². The Bertz CT molecular complexity index is 965. The Kier molecular flexibility index (Phi) is 7.63. The first-order chi connectivity index (χ1) is 17.2. The van der Waals surface area contributed by atoms with E-state index in [2.05, 4.69) is 37.0 Å². The van der Waals surface area contributed by atoms with E-state index in [1.165, 1.54) is 12.8 Å². The Balaban J connectivity index is 1.06. The fourth-order valence-corrected chi connectivity index (χ4v) is 5.03. The number of aryl methyl sites for hydroxylation is 1. The summed E-state index contributed by atoms with van der Waals surface area (Å²) in [5.74, 6) is 2.59. The van der Waals surface area contributed by atoms with Gasteiger partial charge < -0.3 is 24.2 Å². The number of para-hydroxylation sites is 1. The number of ether oxygens (including phenoxy) is 2. The van der Waals surface area contributed by atoms with Crippen LogP contribution in [0, 0.1) is 6.92 Å². The molecule has 0 N–H and O–H groups in total. The molecule has 1 aromatic heterocycles. The van der Waals surface area contributed by atoms with E-state index in [9.17, 15) is 4.79 Å². The number of aromatic nitrogens is 2. The van der Waals surface area contributed by atoms with Gasteiger partial charge in [0.2, 0.25) is 0 Å². The van der Waals surface area contributed by atoms with Crippen LogP contribution in [0.5, 0.6) is 5.75 Å². The van der Waals surface area contributed by atoms with Gasteiger partial charge in [-0.2, -0.15) is 0 Å². The minimum atomic E-state index is 0.0213. The van der Waals surface area contributed by atoms with Gasteiger partial charge in [0.1, 0.15) is 5.75 Å². The van der Waals surface area contributed by atoms with E-state index in [0.29, 0.717) is 19.2 Å². The number of amides is 1. The number of hydrogen-bond donors (Lipinski definition) is 0. The molecule has 2 aromatic rings. The molecule has 1 unspecified atom stereocenters. The molecule has 0 radical (unpaired) electrons. The van der Waals surface area contributed by atoms with E-state index < -0.39 is 0 Å². The number of piperazine rings is 2. The molecule has 0 aliphatic carbocycles. The number of carbonyl (C=O) groups excluding carboxylic acids is 1. The van der Waals surface area contributed by atoms with E-state index in [1.807, 2.05) is 36.1 Å². The first kappa shape index (κ1) is 23.8. The molecule has 3 fully saturated rings. The highest BCUT2D eigenvalue weighted by molar-refractivity contribution is 5.78. The lowest BCUT2D eigenvalue weighted by Crippen LogP contribution is -2.50. The van der Waals surface area contributed by atoms with Crippen molar-refractivity contribution in [1.29, 1.82) is 0 Å². The minimum absolute atomic E-state index is 0.0213. The maximum Gasteiger partial charge on any atom is 0.260 e. The van der Waals surface area contributed by atoms with Crippen LogP contribution in [0.25, 0.3) is 0 Å². The monoisotopic (exact) mass is 480 g/mol. The van der Waals surface area contributed by atoms with Crippen LogP contribution in [-0.2, 0) is 9.53 Å². The molecule has 1 aromatic carbocycles. The standard InChI is InChI=1S/C26H36N6O3/c1-21-5-2-3-7-23(21)35-20-26(33)32-16-14-31(15-17-32)25-9-8-24(27-28-25)30-12-10-29(11-13-30)19-22-6-4-18-34-22/h2-3,5,7-9,22H,4,6,10-20H2,1H3. The van der Waals surface area contributed by atoms with E-state index in [1.54, 1.807) is 0 Å². The summed E-state index contributed by atoms with van der Waals surface area (Å²) in [4.78, 5) is 21.5. The number of anilines is 2. The fraction of sp³-hybridized carbons (Fsp3) is 0.577. The van der Waals surface area contributed by atoms with E-state index in [-0.39, 0.29) is 12.5 Å². The predicted octanol–water partition coefficient (Wildman–Crippen LogP) is 1.81. The van der Waals surface area contributed by atoms with Gasteiger partial charge in [0.25, 0.3) is 5.91 Å². The quantitative estimate of drug-likeness (QED) is 0.594. The number of carbonyl (C=O) groups is 1. The maximum absolute atomic E-state index is 12.6. The van der Waals surface area contributed by atoms with Crippen molar-refractivity contribution in [2.24, 2.45) is 0 Å². The van der Waals surface area contributed by atoms with Crippen LogP contribution in [0.3, 0.4) is 0 Å². The van der Waals surface area contributed by atoms with Gasteiger partial charge in [-0.1, -0.05) is 18.2 Å². The molecular weight excluding hydrogens is 444 g/mol. The van der Waals surface area contributed by atoms with Gasteiger partial charge in [0.05, 0.1) is 6.10 Å². The lowest BCUT2D eigenvalue weighted by atomic mass is 10.2. The molecule has 4 heterocycles. The summed E-state index contributed by atoms with van der Waals surface area (Å²) in [5, 5.41) is 9.03. The molecule has 9 heteroatoms. The number of rotatable bonds is 7. The van der Waals surface area contributed by atoms with Crippen LogP contribution in [0.1, 0.15) is 18.4 Å². The van der Waals surface area contributed by atoms with Crippen LogP contribution in [0.15, 0.2) is 36.4 Å². The Hall–Kier alpha value is -2.91. The Morgan fingerprint density at radius 3 is 2.20 bits per heavy atom. The zero-order valence-electron chi connectivity index (χ0n) is 20.6. The van der Waals surface area contributed by atoms with Crippen molar-refractivity contribution in [3.8, 4) is 5.75 Å². The van der Waals surface area contributed by atoms with E-state index in [0.717, 1.165) is 75.4 Å². The minimum Gasteiger partial charge on any atom is -0.484 e. The summed E-state index contributed by atoms with van der Waals surface area (Å²) in [6.07, 6.45) is 2.80. The van der Waals surface area contributed by atoms with Gasteiger partial charge in [-0.05, 0) is 43.5 Å². The molecule has 0 bridgehead atoms. The molecule has 0 saturated carbocycles. The second kappa shape index (κ2) is 11.2. The molecule has 5 rings (SSSR count). The molecule has 3 saturated heterocycles. The summed E-state index contributed by atoms with van der Waals surface area (Å²) in [6, 6.07) is 11.9. The molecule has 188 valence electrons. The third-order valence-corrected chi connectivity index (χ3v) is 7.22. The third-order valence-electron chi connectivity index (χ3n) is 7.22. The lowest BCUT2D eigenvalue weighted by Gasteiger charge is -2.37. The molecule has 1 amide bonds. The van der Waals surface area contributed by atoms with Crippen LogP contribution < -0.4 is 14.5 Å². The third kappa shape index (κ3) is 6.02. The number of hydrogen-bond acceptors (Lipinski definition) is 8. The molecular formula is C26H36N6O3. The second-order valence-corrected chi connectivity index (χ2v) is 9.59.